The molecule has 0 aliphatic heterocycles. The summed E-state index contributed by atoms with van der Waals surface area (Å²) < 4.78 is 0. The standard InChI is InChI=1S/C20H34O2/c1-12-10-17-15-5-4-13-11-14(21)6-8-19(13,2)16(15)7-9-20(17,3)18(12)22/h12-18,21-22H,4-11H2,1-3H3/t12?,13?,14?,15-,16-,17+,18?,19+,20+/m1/s1. The van der Waals surface area contributed by atoms with Crippen LogP contribution in [-0.2, 0) is 0 Å². The molecule has 4 aliphatic rings. The van der Waals surface area contributed by atoms with E-state index in [1.807, 2.05) is 0 Å². The number of hydrogen-bond acceptors (Lipinski definition) is 2. The van der Waals surface area contributed by atoms with Crippen molar-refractivity contribution >= 4 is 0 Å². The number of aliphatic hydroxyl groups excluding tert-OH is 2. The Morgan fingerprint density at radius 2 is 1.55 bits per heavy atom. The maximum Gasteiger partial charge on any atom is 0.0622 e. The van der Waals surface area contributed by atoms with Crippen LogP contribution in [0.3, 0.4) is 0 Å². The molecule has 0 bridgehead atoms. The van der Waals surface area contributed by atoms with Crippen LogP contribution >= 0.6 is 0 Å². The molecule has 0 amide bonds. The van der Waals surface area contributed by atoms with Crippen molar-refractivity contribution in [3.63, 3.8) is 0 Å². The molecule has 4 rings (SSSR count). The summed E-state index contributed by atoms with van der Waals surface area (Å²) in [5, 5.41) is 20.8. The third-order valence-corrected chi connectivity index (χ3v) is 8.92. The molecular weight excluding hydrogens is 272 g/mol. The van der Waals surface area contributed by atoms with Gasteiger partial charge in [0.25, 0.3) is 0 Å². The smallest absolute Gasteiger partial charge is 0.0622 e. The van der Waals surface area contributed by atoms with E-state index in [1.165, 1.54) is 38.5 Å². The van der Waals surface area contributed by atoms with Crippen LogP contribution in [0.4, 0.5) is 0 Å². The van der Waals surface area contributed by atoms with Gasteiger partial charge in [0.1, 0.15) is 0 Å². The summed E-state index contributed by atoms with van der Waals surface area (Å²) in [7, 11) is 0. The predicted molar refractivity (Wildman–Crippen MR) is 88.3 cm³/mol. The van der Waals surface area contributed by atoms with E-state index in [2.05, 4.69) is 20.8 Å². The maximum absolute atomic E-state index is 10.7. The van der Waals surface area contributed by atoms with E-state index in [1.54, 1.807) is 0 Å². The largest absolute Gasteiger partial charge is 0.393 e. The first kappa shape index (κ1) is 15.4. The Morgan fingerprint density at radius 3 is 2.32 bits per heavy atom. The second-order valence-electron chi connectivity index (χ2n) is 9.79. The molecule has 4 saturated carbocycles. The molecule has 4 unspecified atom stereocenters. The van der Waals surface area contributed by atoms with Crippen molar-refractivity contribution in [1.29, 1.82) is 0 Å². The van der Waals surface area contributed by atoms with Gasteiger partial charge in [-0.25, -0.2) is 0 Å². The molecule has 0 saturated heterocycles. The SMILES string of the molecule is CC1C[C@H]2[C@@H]3CCC4CC(O)CC[C@]4(C)[C@@H]3CC[C@]2(C)C1O. The summed E-state index contributed by atoms with van der Waals surface area (Å²) >= 11 is 0. The van der Waals surface area contributed by atoms with Crippen molar-refractivity contribution in [3.05, 3.63) is 0 Å². The zero-order chi connectivity index (χ0) is 15.7. The van der Waals surface area contributed by atoms with E-state index in [-0.39, 0.29) is 17.6 Å². The van der Waals surface area contributed by atoms with E-state index >= 15 is 0 Å². The van der Waals surface area contributed by atoms with Crippen LogP contribution < -0.4 is 0 Å². The van der Waals surface area contributed by atoms with Crippen LogP contribution in [0.2, 0.25) is 0 Å². The zero-order valence-electron chi connectivity index (χ0n) is 14.6. The highest BCUT2D eigenvalue weighted by Crippen LogP contribution is 2.66. The first-order valence-electron chi connectivity index (χ1n) is 9.72. The number of rotatable bonds is 0. The highest BCUT2D eigenvalue weighted by molar-refractivity contribution is 5.10. The molecule has 0 spiro atoms. The minimum absolute atomic E-state index is 0.0446. The Balaban J connectivity index is 1.63. The highest BCUT2D eigenvalue weighted by Gasteiger charge is 2.61. The van der Waals surface area contributed by atoms with Crippen molar-refractivity contribution < 1.29 is 10.2 Å². The molecule has 22 heavy (non-hydrogen) atoms. The molecule has 4 aliphatic carbocycles. The summed E-state index contributed by atoms with van der Waals surface area (Å²) in [5.41, 5.74) is 0.637. The number of hydrogen-bond donors (Lipinski definition) is 2. The van der Waals surface area contributed by atoms with E-state index in [0.29, 0.717) is 11.3 Å². The molecule has 0 heterocycles. The van der Waals surface area contributed by atoms with Crippen molar-refractivity contribution in [1.82, 2.24) is 0 Å². The maximum atomic E-state index is 10.7. The second-order valence-corrected chi connectivity index (χ2v) is 9.79. The first-order valence-corrected chi connectivity index (χ1v) is 9.72. The van der Waals surface area contributed by atoms with Crippen LogP contribution in [0.25, 0.3) is 0 Å². The lowest BCUT2D eigenvalue weighted by atomic mass is 9.45. The van der Waals surface area contributed by atoms with Gasteiger partial charge in [-0.1, -0.05) is 20.8 Å². The summed E-state index contributed by atoms with van der Waals surface area (Å²) in [6.45, 7) is 7.17. The first-order chi connectivity index (χ1) is 10.4. The molecule has 9 atom stereocenters. The summed E-state index contributed by atoms with van der Waals surface area (Å²) in [6, 6.07) is 0. The van der Waals surface area contributed by atoms with Crippen molar-refractivity contribution in [2.24, 2.45) is 40.4 Å². The molecule has 126 valence electrons. The van der Waals surface area contributed by atoms with Crippen LogP contribution in [-0.4, -0.2) is 22.4 Å². The van der Waals surface area contributed by atoms with Gasteiger partial charge >= 0.3 is 0 Å². The third kappa shape index (κ3) is 1.92. The van der Waals surface area contributed by atoms with Gasteiger partial charge < -0.3 is 10.2 Å². The quantitative estimate of drug-likeness (QED) is 0.710. The molecule has 2 nitrogen and oxygen atoms in total. The summed E-state index contributed by atoms with van der Waals surface area (Å²) in [4.78, 5) is 0. The second kappa shape index (κ2) is 4.96. The average Bonchev–Trinajstić information content (AvgIpc) is 2.72. The topological polar surface area (TPSA) is 40.5 Å². The van der Waals surface area contributed by atoms with Crippen LogP contribution in [0, 0.1) is 40.4 Å². The Hall–Kier alpha value is -0.0800. The fourth-order valence-electron chi connectivity index (χ4n) is 7.57. The van der Waals surface area contributed by atoms with Gasteiger partial charge in [-0.3, -0.25) is 0 Å². The van der Waals surface area contributed by atoms with Gasteiger partial charge in [-0.05, 0) is 91.8 Å². The predicted octanol–water partition coefficient (Wildman–Crippen LogP) is 4.00. The zero-order valence-corrected chi connectivity index (χ0v) is 14.6. The van der Waals surface area contributed by atoms with Gasteiger partial charge in [-0.15, -0.1) is 0 Å². The average molecular weight is 306 g/mol. The highest BCUT2D eigenvalue weighted by atomic mass is 16.3. The fourth-order valence-corrected chi connectivity index (χ4v) is 7.57. The van der Waals surface area contributed by atoms with Crippen LogP contribution in [0.1, 0.15) is 72.1 Å². The molecule has 2 heteroatoms. The normalized spacial score (nSPS) is 61.2. The van der Waals surface area contributed by atoms with Crippen LogP contribution in [0.5, 0.6) is 0 Å². The van der Waals surface area contributed by atoms with Gasteiger partial charge in [0, 0.05) is 0 Å². The Bertz CT molecular complexity index is 449. The molecular formula is C20H34O2. The Morgan fingerprint density at radius 1 is 0.818 bits per heavy atom. The summed E-state index contributed by atoms with van der Waals surface area (Å²) in [5.74, 6) is 3.63. The summed E-state index contributed by atoms with van der Waals surface area (Å²) in [6.07, 6.45) is 9.57. The molecule has 0 aromatic carbocycles. The molecule has 0 aromatic heterocycles. The monoisotopic (exact) mass is 306 g/mol. The van der Waals surface area contributed by atoms with E-state index in [4.69, 9.17) is 0 Å². The van der Waals surface area contributed by atoms with Gasteiger partial charge in [-0.2, -0.15) is 0 Å². The fraction of sp³-hybridized carbons (Fsp3) is 1.00. The van der Waals surface area contributed by atoms with Crippen LogP contribution in [0.15, 0.2) is 0 Å². The minimum Gasteiger partial charge on any atom is -0.393 e. The minimum atomic E-state index is -0.0860. The number of aliphatic hydroxyl groups is 2. The van der Waals surface area contributed by atoms with E-state index in [0.717, 1.165) is 36.5 Å². The van der Waals surface area contributed by atoms with E-state index < -0.39 is 0 Å². The molecule has 2 N–H and O–H groups in total. The van der Waals surface area contributed by atoms with Gasteiger partial charge in [0.15, 0.2) is 0 Å². The van der Waals surface area contributed by atoms with Gasteiger partial charge in [0.05, 0.1) is 12.2 Å². The van der Waals surface area contributed by atoms with Crippen molar-refractivity contribution in [2.45, 2.75) is 84.3 Å². The Kier molecular flexibility index (Phi) is 3.48. The van der Waals surface area contributed by atoms with Crippen molar-refractivity contribution in [2.75, 3.05) is 0 Å². The third-order valence-electron chi connectivity index (χ3n) is 8.92. The lowest BCUT2D eigenvalue weighted by Crippen LogP contribution is -2.54. The number of fused-ring (bicyclic) bond motifs is 5. The van der Waals surface area contributed by atoms with Crippen molar-refractivity contribution in [3.8, 4) is 0 Å². The molecule has 0 radical (unpaired) electrons. The lowest BCUT2D eigenvalue weighted by Gasteiger charge is -2.60. The molecule has 0 aromatic rings. The van der Waals surface area contributed by atoms with Gasteiger partial charge in [0.2, 0.25) is 0 Å². The lowest BCUT2D eigenvalue weighted by molar-refractivity contribution is -0.134. The Labute approximate surface area is 135 Å². The van der Waals surface area contributed by atoms with E-state index in [9.17, 15) is 10.2 Å². The molecule has 4 fully saturated rings.